The monoisotopic (exact) mass is 370 g/mol. The Morgan fingerprint density at radius 1 is 0.750 bits per heavy atom. The highest BCUT2D eigenvalue weighted by Gasteiger charge is 2.22. The molecule has 0 radical (unpaired) electrons. The van der Waals surface area contributed by atoms with Gasteiger partial charge < -0.3 is 0 Å². The van der Waals surface area contributed by atoms with Gasteiger partial charge in [0.1, 0.15) is 5.82 Å². The maximum absolute atomic E-state index is 13.4. The molecule has 0 N–H and O–H groups in total. The molecule has 0 saturated carbocycles. The Morgan fingerprint density at radius 3 is 1.96 bits per heavy atom. The van der Waals surface area contributed by atoms with Crippen molar-refractivity contribution in [3.05, 3.63) is 101 Å². The van der Waals surface area contributed by atoms with Crippen molar-refractivity contribution < 1.29 is 4.39 Å². The van der Waals surface area contributed by atoms with Crippen molar-refractivity contribution in [2.45, 2.75) is 32.6 Å². The highest BCUT2D eigenvalue weighted by Crippen LogP contribution is 2.37. The molecule has 0 fully saturated rings. The van der Waals surface area contributed by atoms with E-state index in [1.54, 1.807) is 24.5 Å². The van der Waals surface area contributed by atoms with Crippen LogP contribution in [-0.2, 0) is 5.41 Å². The summed E-state index contributed by atoms with van der Waals surface area (Å²) in [6.45, 7) is 6.64. The van der Waals surface area contributed by atoms with Crippen molar-refractivity contribution >= 4 is 17.0 Å². The molecule has 1 aromatic heterocycles. The van der Waals surface area contributed by atoms with E-state index in [-0.39, 0.29) is 11.2 Å². The number of hydrogen-bond acceptors (Lipinski definition) is 2. The number of benzene rings is 2. The fraction of sp³-hybridized carbons (Fsp3) is 0.200. The molecule has 0 amide bonds. The number of pyridine rings is 1. The van der Waals surface area contributed by atoms with Crippen molar-refractivity contribution in [3.8, 4) is 0 Å². The molecule has 0 bridgehead atoms. The van der Waals surface area contributed by atoms with E-state index in [9.17, 15) is 4.39 Å². The van der Waals surface area contributed by atoms with Gasteiger partial charge in [0, 0.05) is 24.4 Å². The van der Waals surface area contributed by atoms with Crippen LogP contribution in [0.5, 0.6) is 0 Å². The summed E-state index contributed by atoms with van der Waals surface area (Å²) in [7, 11) is 0. The summed E-state index contributed by atoms with van der Waals surface area (Å²) in [5.74, 6) is -0.241. The second-order valence-corrected chi connectivity index (χ2v) is 8.13. The first-order valence-corrected chi connectivity index (χ1v) is 9.50. The lowest BCUT2D eigenvalue weighted by atomic mass is 9.86. The minimum absolute atomic E-state index is 0.121. The zero-order valence-corrected chi connectivity index (χ0v) is 16.4. The minimum atomic E-state index is -0.241. The van der Waals surface area contributed by atoms with Crippen molar-refractivity contribution in [2.75, 3.05) is 0 Å². The van der Waals surface area contributed by atoms with Gasteiger partial charge in [0.25, 0.3) is 0 Å². The fourth-order valence-electron chi connectivity index (χ4n) is 3.46. The molecule has 0 unspecified atom stereocenters. The molecule has 0 atom stereocenters. The van der Waals surface area contributed by atoms with E-state index in [1.165, 1.54) is 17.7 Å². The third-order valence-corrected chi connectivity index (χ3v) is 5.11. The van der Waals surface area contributed by atoms with Crippen molar-refractivity contribution in [1.29, 1.82) is 0 Å². The summed E-state index contributed by atoms with van der Waals surface area (Å²) in [5, 5.41) is 0. The zero-order chi connectivity index (χ0) is 19.7. The molecule has 1 aliphatic rings. The van der Waals surface area contributed by atoms with Gasteiger partial charge in [0.2, 0.25) is 0 Å². The highest BCUT2D eigenvalue weighted by atomic mass is 19.1. The Hall–Kier alpha value is -3.07. The molecule has 3 aromatic rings. The normalized spacial score (nSPS) is 14.4. The third kappa shape index (κ3) is 3.65. The van der Waals surface area contributed by atoms with Crippen LogP contribution in [0.2, 0.25) is 0 Å². The fourth-order valence-corrected chi connectivity index (χ4v) is 3.46. The Labute approximate surface area is 165 Å². The van der Waals surface area contributed by atoms with Gasteiger partial charge in [-0.1, -0.05) is 45.0 Å². The lowest BCUT2D eigenvalue weighted by Gasteiger charge is -2.19. The molecule has 4 rings (SSSR count). The number of allylic oxidation sites excluding steroid dienone is 1. The standard InChI is InChI=1S/C25H23FN2/c1-25(2,3)20-8-4-18(5-9-20)23-16-22(17-12-14-27-15-13-17)24(28-23)19-6-10-21(26)11-7-19/h4-15H,16H2,1-3H3. The maximum atomic E-state index is 13.4. The molecular weight excluding hydrogens is 347 g/mol. The molecule has 140 valence electrons. The molecule has 2 heterocycles. The number of aromatic nitrogens is 1. The number of halogens is 1. The predicted molar refractivity (Wildman–Crippen MR) is 114 cm³/mol. The van der Waals surface area contributed by atoms with Gasteiger partial charge in [-0.25, -0.2) is 4.39 Å². The van der Waals surface area contributed by atoms with Crippen LogP contribution in [-0.4, -0.2) is 10.7 Å². The molecule has 2 nitrogen and oxygen atoms in total. The van der Waals surface area contributed by atoms with Crippen LogP contribution in [0, 0.1) is 5.82 Å². The molecule has 0 saturated heterocycles. The van der Waals surface area contributed by atoms with E-state index >= 15 is 0 Å². The quantitative estimate of drug-likeness (QED) is 0.533. The van der Waals surface area contributed by atoms with E-state index in [0.717, 1.165) is 40.1 Å². The van der Waals surface area contributed by atoms with Gasteiger partial charge >= 0.3 is 0 Å². The van der Waals surface area contributed by atoms with E-state index < -0.39 is 0 Å². The first kappa shape index (κ1) is 18.3. The SMILES string of the molecule is CC(C)(C)c1ccc(C2=NC(c3ccc(F)cc3)=C(c3ccncc3)C2)cc1. The van der Waals surface area contributed by atoms with Crippen molar-refractivity contribution in [3.63, 3.8) is 0 Å². The lowest BCUT2D eigenvalue weighted by Crippen LogP contribution is -2.11. The van der Waals surface area contributed by atoms with Gasteiger partial charge in [-0.05, 0) is 64.1 Å². The van der Waals surface area contributed by atoms with E-state index in [2.05, 4.69) is 50.0 Å². The Balaban J connectivity index is 1.74. The van der Waals surface area contributed by atoms with Crippen molar-refractivity contribution in [2.24, 2.45) is 4.99 Å². The van der Waals surface area contributed by atoms with Gasteiger partial charge in [-0.2, -0.15) is 0 Å². The maximum Gasteiger partial charge on any atom is 0.123 e. The van der Waals surface area contributed by atoms with Crippen LogP contribution in [0.15, 0.2) is 78.0 Å². The number of rotatable bonds is 3. The topological polar surface area (TPSA) is 25.2 Å². The summed E-state index contributed by atoms with van der Waals surface area (Å²) in [6, 6.07) is 19.2. The average molecular weight is 370 g/mol. The molecular formula is C25H23FN2. The zero-order valence-electron chi connectivity index (χ0n) is 16.4. The summed E-state index contributed by atoms with van der Waals surface area (Å²) in [6.07, 6.45) is 4.33. The van der Waals surface area contributed by atoms with Gasteiger partial charge in [0.05, 0.1) is 11.4 Å². The Bertz CT molecular complexity index is 1040. The lowest BCUT2D eigenvalue weighted by molar-refractivity contribution is 0.590. The highest BCUT2D eigenvalue weighted by molar-refractivity contribution is 6.16. The van der Waals surface area contributed by atoms with Crippen LogP contribution in [0.25, 0.3) is 11.3 Å². The minimum Gasteiger partial charge on any atom is -0.265 e. The first-order valence-electron chi connectivity index (χ1n) is 9.50. The Kier molecular flexibility index (Phi) is 4.68. The van der Waals surface area contributed by atoms with Gasteiger partial charge in [-0.15, -0.1) is 0 Å². The summed E-state index contributed by atoms with van der Waals surface area (Å²) in [5.41, 5.74) is 7.65. The summed E-state index contributed by atoms with van der Waals surface area (Å²) < 4.78 is 13.4. The number of hydrogen-bond donors (Lipinski definition) is 0. The molecule has 0 aliphatic carbocycles. The molecule has 2 aromatic carbocycles. The first-order chi connectivity index (χ1) is 13.4. The van der Waals surface area contributed by atoms with Crippen LogP contribution >= 0.6 is 0 Å². The van der Waals surface area contributed by atoms with Crippen LogP contribution in [0.3, 0.4) is 0 Å². The van der Waals surface area contributed by atoms with Crippen LogP contribution in [0.4, 0.5) is 4.39 Å². The second kappa shape index (κ2) is 7.16. The largest absolute Gasteiger partial charge is 0.265 e. The van der Waals surface area contributed by atoms with Crippen molar-refractivity contribution in [1.82, 2.24) is 4.98 Å². The number of aliphatic imine (C=N–C) groups is 1. The molecule has 28 heavy (non-hydrogen) atoms. The third-order valence-electron chi connectivity index (χ3n) is 5.11. The smallest absolute Gasteiger partial charge is 0.123 e. The van der Waals surface area contributed by atoms with E-state index in [4.69, 9.17) is 4.99 Å². The summed E-state index contributed by atoms with van der Waals surface area (Å²) >= 11 is 0. The van der Waals surface area contributed by atoms with Crippen LogP contribution in [0.1, 0.15) is 49.4 Å². The van der Waals surface area contributed by atoms with E-state index in [0.29, 0.717) is 0 Å². The van der Waals surface area contributed by atoms with Gasteiger partial charge in [-0.3, -0.25) is 9.98 Å². The van der Waals surface area contributed by atoms with Crippen LogP contribution < -0.4 is 0 Å². The van der Waals surface area contributed by atoms with E-state index in [1.807, 2.05) is 12.1 Å². The van der Waals surface area contributed by atoms with Gasteiger partial charge in [0.15, 0.2) is 0 Å². The predicted octanol–water partition coefficient (Wildman–Crippen LogP) is 6.28. The molecule has 1 aliphatic heterocycles. The molecule has 3 heteroatoms. The second-order valence-electron chi connectivity index (χ2n) is 8.13. The summed E-state index contributed by atoms with van der Waals surface area (Å²) in [4.78, 5) is 9.09. The average Bonchev–Trinajstić information content (AvgIpc) is 3.14. The molecule has 0 spiro atoms. The number of nitrogens with zero attached hydrogens (tertiary/aromatic N) is 2. The Morgan fingerprint density at radius 2 is 1.36 bits per heavy atom.